The lowest BCUT2D eigenvalue weighted by molar-refractivity contribution is -0.118. The third-order valence-electron chi connectivity index (χ3n) is 3.12. The molecule has 20 heavy (non-hydrogen) atoms. The summed E-state index contributed by atoms with van der Waals surface area (Å²) in [6.45, 7) is 7.47. The van der Waals surface area contributed by atoms with E-state index in [2.05, 4.69) is 10.6 Å². The van der Waals surface area contributed by atoms with Crippen LogP contribution in [0.3, 0.4) is 0 Å². The molecule has 0 unspecified atom stereocenters. The third-order valence-corrected chi connectivity index (χ3v) is 3.12. The van der Waals surface area contributed by atoms with Crippen molar-refractivity contribution < 1.29 is 9.59 Å². The van der Waals surface area contributed by atoms with E-state index in [4.69, 9.17) is 5.73 Å². The van der Waals surface area contributed by atoms with Crippen molar-refractivity contribution in [2.45, 2.75) is 40.2 Å². The number of carbonyl (C=O) groups excluding carboxylic acids is 2. The van der Waals surface area contributed by atoms with E-state index in [0.29, 0.717) is 17.8 Å². The maximum Gasteiger partial charge on any atom is 0.241 e. The molecule has 0 spiro atoms. The van der Waals surface area contributed by atoms with Gasteiger partial charge in [0.05, 0.1) is 6.04 Å². The lowest BCUT2D eigenvalue weighted by atomic mass is 10.0. The standard InChI is InChI=1S/C15H23N3O2/c1-5-13(19)17-11-7-6-10(4)12(8-11)18-15(20)14(16)9(2)3/h6-9,14H,5,16H2,1-4H3,(H,17,19)(H,18,20)/t14-/m0/s1. The average Bonchev–Trinajstić information content (AvgIpc) is 2.41. The van der Waals surface area contributed by atoms with Crippen LogP contribution in [0.1, 0.15) is 32.8 Å². The average molecular weight is 277 g/mol. The summed E-state index contributed by atoms with van der Waals surface area (Å²) in [7, 11) is 0. The first-order chi connectivity index (χ1) is 9.35. The number of amides is 2. The summed E-state index contributed by atoms with van der Waals surface area (Å²) < 4.78 is 0. The second-order valence-electron chi connectivity index (χ2n) is 5.19. The third kappa shape index (κ3) is 4.35. The molecular formula is C15H23N3O2. The van der Waals surface area contributed by atoms with E-state index < -0.39 is 6.04 Å². The molecule has 0 aliphatic rings. The summed E-state index contributed by atoms with van der Waals surface area (Å²) >= 11 is 0. The zero-order chi connectivity index (χ0) is 15.3. The van der Waals surface area contributed by atoms with Gasteiger partial charge in [0.2, 0.25) is 11.8 Å². The van der Waals surface area contributed by atoms with Gasteiger partial charge < -0.3 is 16.4 Å². The van der Waals surface area contributed by atoms with E-state index in [1.165, 1.54) is 0 Å². The topological polar surface area (TPSA) is 84.2 Å². The molecule has 0 aromatic heterocycles. The largest absolute Gasteiger partial charge is 0.326 e. The number of nitrogens with two attached hydrogens (primary N) is 1. The van der Waals surface area contributed by atoms with Crippen LogP contribution in [-0.4, -0.2) is 17.9 Å². The Morgan fingerprint density at radius 2 is 1.90 bits per heavy atom. The van der Waals surface area contributed by atoms with Crippen LogP contribution < -0.4 is 16.4 Å². The number of hydrogen-bond donors (Lipinski definition) is 3. The van der Waals surface area contributed by atoms with Gasteiger partial charge in [0.1, 0.15) is 0 Å². The first kappa shape index (κ1) is 16.2. The van der Waals surface area contributed by atoms with Crippen LogP contribution in [0.4, 0.5) is 11.4 Å². The molecule has 0 aliphatic carbocycles. The Bertz CT molecular complexity index is 498. The first-order valence-electron chi connectivity index (χ1n) is 6.82. The molecule has 4 N–H and O–H groups in total. The number of anilines is 2. The number of hydrogen-bond acceptors (Lipinski definition) is 3. The van der Waals surface area contributed by atoms with E-state index in [9.17, 15) is 9.59 Å². The van der Waals surface area contributed by atoms with E-state index >= 15 is 0 Å². The van der Waals surface area contributed by atoms with Crippen molar-refractivity contribution in [2.75, 3.05) is 10.6 Å². The molecule has 0 radical (unpaired) electrons. The zero-order valence-corrected chi connectivity index (χ0v) is 12.5. The van der Waals surface area contributed by atoms with E-state index in [-0.39, 0.29) is 17.7 Å². The normalized spacial score (nSPS) is 12.1. The molecule has 0 heterocycles. The SMILES string of the molecule is CCC(=O)Nc1ccc(C)c(NC(=O)[C@@H](N)C(C)C)c1. The molecule has 2 amide bonds. The highest BCUT2D eigenvalue weighted by atomic mass is 16.2. The minimum absolute atomic E-state index is 0.0648. The van der Waals surface area contributed by atoms with Crippen LogP contribution in [-0.2, 0) is 9.59 Å². The first-order valence-corrected chi connectivity index (χ1v) is 6.82. The fraction of sp³-hybridized carbons (Fsp3) is 0.467. The molecule has 5 heteroatoms. The predicted molar refractivity (Wildman–Crippen MR) is 81.5 cm³/mol. The maximum atomic E-state index is 12.0. The minimum Gasteiger partial charge on any atom is -0.326 e. The Morgan fingerprint density at radius 3 is 2.45 bits per heavy atom. The molecule has 0 bridgehead atoms. The molecule has 110 valence electrons. The van der Waals surface area contributed by atoms with Gasteiger partial charge in [-0.15, -0.1) is 0 Å². The fourth-order valence-corrected chi connectivity index (χ4v) is 1.60. The minimum atomic E-state index is -0.553. The number of benzene rings is 1. The maximum absolute atomic E-state index is 12.0. The van der Waals surface area contributed by atoms with E-state index in [1.54, 1.807) is 19.1 Å². The Hall–Kier alpha value is -1.88. The number of nitrogens with one attached hydrogen (secondary N) is 2. The molecule has 1 aromatic carbocycles. The second kappa shape index (κ2) is 7.05. The predicted octanol–water partition coefficient (Wildman–Crippen LogP) is 2.27. The highest BCUT2D eigenvalue weighted by molar-refractivity contribution is 5.97. The summed E-state index contributed by atoms with van der Waals surface area (Å²) in [4.78, 5) is 23.4. The molecule has 1 aromatic rings. The monoisotopic (exact) mass is 277 g/mol. The molecule has 0 saturated heterocycles. The summed E-state index contributed by atoms with van der Waals surface area (Å²) in [5, 5.41) is 5.57. The Morgan fingerprint density at radius 1 is 1.25 bits per heavy atom. The number of carbonyl (C=O) groups is 2. The quantitative estimate of drug-likeness (QED) is 0.772. The summed E-state index contributed by atoms with van der Waals surface area (Å²) in [5.41, 5.74) is 8.07. The number of rotatable bonds is 5. The van der Waals surface area contributed by atoms with Gasteiger partial charge in [-0.1, -0.05) is 26.8 Å². The molecule has 1 atom stereocenters. The van der Waals surface area contributed by atoms with Gasteiger partial charge in [0.15, 0.2) is 0 Å². The van der Waals surface area contributed by atoms with Gasteiger partial charge in [-0.05, 0) is 30.5 Å². The lowest BCUT2D eigenvalue weighted by Gasteiger charge is -2.17. The summed E-state index contributed by atoms with van der Waals surface area (Å²) in [6.07, 6.45) is 0.411. The van der Waals surface area contributed by atoms with Crippen molar-refractivity contribution in [1.29, 1.82) is 0 Å². The van der Waals surface area contributed by atoms with Gasteiger partial charge in [-0.3, -0.25) is 9.59 Å². The van der Waals surface area contributed by atoms with Crippen molar-refractivity contribution >= 4 is 23.2 Å². The second-order valence-corrected chi connectivity index (χ2v) is 5.19. The van der Waals surface area contributed by atoms with Gasteiger partial charge in [0, 0.05) is 17.8 Å². The molecule has 0 fully saturated rings. The van der Waals surface area contributed by atoms with Crippen LogP contribution in [0.5, 0.6) is 0 Å². The Labute approximate surface area is 119 Å². The molecule has 5 nitrogen and oxygen atoms in total. The fourth-order valence-electron chi connectivity index (χ4n) is 1.60. The van der Waals surface area contributed by atoms with Gasteiger partial charge >= 0.3 is 0 Å². The molecular weight excluding hydrogens is 254 g/mol. The molecule has 0 saturated carbocycles. The Balaban J connectivity index is 2.86. The van der Waals surface area contributed by atoms with Crippen LogP contribution in [0.15, 0.2) is 18.2 Å². The molecule has 1 rings (SSSR count). The highest BCUT2D eigenvalue weighted by Gasteiger charge is 2.18. The zero-order valence-electron chi connectivity index (χ0n) is 12.5. The van der Waals surface area contributed by atoms with Crippen molar-refractivity contribution in [3.05, 3.63) is 23.8 Å². The van der Waals surface area contributed by atoms with E-state index in [1.807, 2.05) is 26.8 Å². The highest BCUT2D eigenvalue weighted by Crippen LogP contribution is 2.21. The van der Waals surface area contributed by atoms with Gasteiger partial charge in [0.25, 0.3) is 0 Å². The van der Waals surface area contributed by atoms with Crippen LogP contribution in [0, 0.1) is 12.8 Å². The van der Waals surface area contributed by atoms with Crippen molar-refractivity contribution in [2.24, 2.45) is 11.7 Å². The number of aryl methyl sites for hydroxylation is 1. The summed E-state index contributed by atoms with van der Waals surface area (Å²) in [6, 6.07) is 4.85. The summed E-state index contributed by atoms with van der Waals surface area (Å²) in [5.74, 6) is -0.217. The van der Waals surface area contributed by atoms with Crippen molar-refractivity contribution in [3.63, 3.8) is 0 Å². The van der Waals surface area contributed by atoms with Crippen LogP contribution in [0.2, 0.25) is 0 Å². The Kier molecular flexibility index (Phi) is 5.70. The van der Waals surface area contributed by atoms with Crippen molar-refractivity contribution in [3.8, 4) is 0 Å². The van der Waals surface area contributed by atoms with Crippen LogP contribution >= 0.6 is 0 Å². The smallest absolute Gasteiger partial charge is 0.241 e. The van der Waals surface area contributed by atoms with Crippen molar-refractivity contribution in [1.82, 2.24) is 0 Å². The molecule has 0 aliphatic heterocycles. The van der Waals surface area contributed by atoms with Gasteiger partial charge in [-0.25, -0.2) is 0 Å². The van der Waals surface area contributed by atoms with Crippen LogP contribution in [0.25, 0.3) is 0 Å². The van der Waals surface area contributed by atoms with Gasteiger partial charge in [-0.2, -0.15) is 0 Å². The van der Waals surface area contributed by atoms with E-state index in [0.717, 1.165) is 5.56 Å². The lowest BCUT2D eigenvalue weighted by Crippen LogP contribution is -2.39.